The predicted octanol–water partition coefficient (Wildman–Crippen LogP) is 4.38. The van der Waals surface area contributed by atoms with E-state index in [1.54, 1.807) is 6.20 Å². The minimum atomic E-state index is -0.534. The summed E-state index contributed by atoms with van der Waals surface area (Å²) >= 11 is 0. The molecule has 36 heavy (non-hydrogen) atoms. The molecule has 1 aliphatic rings. The average Bonchev–Trinajstić information content (AvgIpc) is 3.07. The fourth-order valence-corrected chi connectivity index (χ4v) is 3.97. The number of aliphatic imine (C=N–C) groups is 1. The molecule has 1 aromatic carbocycles. The number of carbonyl (C=O) groups excluding carboxylic acids is 2. The van der Waals surface area contributed by atoms with Gasteiger partial charge in [0.15, 0.2) is 0 Å². The van der Waals surface area contributed by atoms with E-state index >= 15 is 0 Å². The average molecular weight is 495 g/mol. The van der Waals surface area contributed by atoms with Gasteiger partial charge < -0.3 is 20.7 Å². The number of fused-ring (bicyclic) bond motifs is 1. The predicted molar refractivity (Wildman–Crippen MR) is 142 cm³/mol. The molecule has 0 saturated carbocycles. The molecule has 9 heteroatoms. The van der Waals surface area contributed by atoms with Crippen LogP contribution in [0.4, 0.5) is 10.5 Å². The van der Waals surface area contributed by atoms with Crippen LogP contribution in [0.5, 0.6) is 0 Å². The topological polar surface area (TPSA) is 115 Å². The molecule has 0 aliphatic carbocycles. The van der Waals surface area contributed by atoms with Crippen LogP contribution in [0.1, 0.15) is 70.7 Å². The van der Waals surface area contributed by atoms with Gasteiger partial charge in [0, 0.05) is 31.6 Å². The fourth-order valence-electron chi connectivity index (χ4n) is 3.97. The fraction of sp³-hybridized carbons (Fsp3) is 0.481. The number of carbonyl (C=O) groups is 2. The molecule has 0 bridgehead atoms. The third kappa shape index (κ3) is 7.44. The number of ether oxygens (including phenoxy) is 1. The van der Waals surface area contributed by atoms with E-state index in [0.29, 0.717) is 49.7 Å². The summed E-state index contributed by atoms with van der Waals surface area (Å²) < 4.78 is 7.11. The minimum Gasteiger partial charge on any atom is -0.444 e. The normalized spacial score (nSPS) is 13.2. The Labute approximate surface area is 213 Å². The molecule has 9 nitrogen and oxygen atoms in total. The Hall–Kier alpha value is -3.62. The highest BCUT2D eigenvalue weighted by Crippen LogP contribution is 2.27. The zero-order valence-electron chi connectivity index (χ0n) is 22.0. The van der Waals surface area contributed by atoms with Gasteiger partial charge in [0.2, 0.25) is 5.91 Å². The molecule has 2 amide bonds. The summed E-state index contributed by atoms with van der Waals surface area (Å²) in [6, 6.07) is 7.91. The minimum absolute atomic E-state index is 0.000657. The highest BCUT2D eigenvalue weighted by atomic mass is 16.6. The second-order valence-electron chi connectivity index (χ2n) is 9.99. The van der Waals surface area contributed by atoms with Gasteiger partial charge in [-0.25, -0.2) is 9.79 Å². The van der Waals surface area contributed by atoms with E-state index in [1.165, 1.54) is 0 Å². The summed E-state index contributed by atoms with van der Waals surface area (Å²) in [6.45, 7) is 11.9. The van der Waals surface area contributed by atoms with Crippen LogP contribution in [0, 0.1) is 0 Å². The summed E-state index contributed by atoms with van der Waals surface area (Å²) in [5.74, 6) is 0.405. The Balaban J connectivity index is 1.75. The molecule has 3 rings (SSSR count). The van der Waals surface area contributed by atoms with Crippen molar-refractivity contribution in [2.45, 2.75) is 72.6 Å². The van der Waals surface area contributed by atoms with Crippen LogP contribution >= 0.6 is 0 Å². The number of nitrogens with two attached hydrogens (primary N) is 1. The SMILES string of the molecule is CCCN(CCC)C(=O)C1=Cc2c(cnn2Cc2ccc(CNC(=O)OC(C)(C)C)cc2)N=C(N)C1. The smallest absolute Gasteiger partial charge is 0.407 e. The Morgan fingerprint density at radius 2 is 1.75 bits per heavy atom. The van der Waals surface area contributed by atoms with Gasteiger partial charge in [0.25, 0.3) is 0 Å². The zero-order chi connectivity index (χ0) is 26.3. The summed E-state index contributed by atoms with van der Waals surface area (Å²) in [7, 11) is 0. The van der Waals surface area contributed by atoms with Gasteiger partial charge in [-0.1, -0.05) is 38.1 Å². The second-order valence-corrected chi connectivity index (χ2v) is 9.99. The number of hydrogen-bond donors (Lipinski definition) is 2. The Morgan fingerprint density at radius 1 is 1.11 bits per heavy atom. The summed E-state index contributed by atoms with van der Waals surface area (Å²) in [6.07, 6.45) is 5.23. The van der Waals surface area contributed by atoms with E-state index in [4.69, 9.17) is 10.5 Å². The summed E-state index contributed by atoms with van der Waals surface area (Å²) in [5.41, 5.74) is 9.66. The first kappa shape index (κ1) is 27.0. The van der Waals surface area contributed by atoms with E-state index < -0.39 is 11.7 Å². The Bertz CT molecular complexity index is 1120. The van der Waals surface area contributed by atoms with Crippen molar-refractivity contribution in [2.75, 3.05) is 13.1 Å². The third-order valence-corrected chi connectivity index (χ3v) is 5.55. The van der Waals surface area contributed by atoms with Crippen molar-refractivity contribution in [3.05, 3.63) is 52.9 Å². The van der Waals surface area contributed by atoms with E-state index in [1.807, 2.05) is 60.7 Å². The van der Waals surface area contributed by atoms with Crippen LogP contribution in [0.25, 0.3) is 6.08 Å². The maximum absolute atomic E-state index is 13.3. The lowest BCUT2D eigenvalue weighted by Crippen LogP contribution is -2.34. The van der Waals surface area contributed by atoms with Crippen LogP contribution in [0.15, 0.2) is 41.0 Å². The van der Waals surface area contributed by atoms with Crippen LogP contribution in [0.3, 0.4) is 0 Å². The van der Waals surface area contributed by atoms with E-state index in [9.17, 15) is 9.59 Å². The first-order valence-electron chi connectivity index (χ1n) is 12.5. The summed E-state index contributed by atoms with van der Waals surface area (Å²) in [5, 5.41) is 7.27. The van der Waals surface area contributed by atoms with Crippen molar-refractivity contribution < 1.29 is 14.3 Å². The molecule has 1 aliphatic heterocycles. The van der Waals surface area contributed by atoms with Gasteiger partial charge >= 0.3 is 6.09 Å². The number of amidine groups is 1. The second kappa shape index (κ2) is 11.9. The number of amides is 2. The van der Waals surface area contributed by atoms with E-state index in [-0.39, 0.29) is 5.91 Å². The molecule has 0 unspecified atom stereocenters. The standard InChI is InChI=1S/C27H38N6O3/c1-6-12-32(13-7-2)25(34)21-14-23-22(31-24(28)15-21)17-30-33(23)18-20-10-8-19(9-11-20)16-29-26(35)36-27(3,4)5/h8-11,14,17H,6-7,12-13,15-16,18H2,1-5H3,(H2,28,31)(H,29,35). The van der Waals surface area contributed by atoms with Gasteiger partial charge in [-0.3, -0.25) is 9.48 Å². The number of rotatable bonds is 9. The van der Waals surface area contributed by atoms with E-state index in [2.05, 4.69) is 29.3 Å². The van der Waals surface area contributed by atoms with Crippen molar-refractivity contribution in [2.24, 2.45) is 10.7 Å². The maximum atomic E-state index is 13.3. The number of alkyl carbamates (subject to hydrolysis) is 1. The van der Waals surface area contributed by atoms with Crippen LogP contribution in [-0.2, 0) is 22.6 Å². The van der Waals surface area contributed by atoms with Crippen LogP contribution in [0.2, 0.25) is 0 Å². The van der Waals surface area contributed by atoms with Crippen molar-refractivity contribution in [3.8, 4) is 0 Å². The van der Waals surface area contributed by atoms with Gasteiger partial charge in [0.05, 0.1) is 18.4 Å². The quantitative estimate of drug-likeness (QED) is 0.537. The first-order chi connectivity index (χ1) is 17.1. The highest BCUT2D eigenvalue weighted by molar-refractivity contribution is 6.05. The molecule has 0 saturated heterocycles. The van der Waals surface area contributed by atoms with Gasteiger partial charge in [-0.2, -0.15) is 5.10 Å². The summed E-state index contributed by atoms with van der Waals surface area (Å²) in [4.78, 5) is 31.6. The monoisotopic (exact) mass is 494 g/mol. The van der Waals surface area contributed by atoms with Gasteiger partial charge in [-0.05, 0) is 50.8 Å². The maximum Gasteiger partial charge on any atom is 0.407 e. The van der Waals surface area contributed by atoms with Crippen molar-refractivity contribution in [1.82, 2.24) is 20.0 Å². The number of nitrogens with zero attached hydrogens (tertiary/aromatic N) is 4. The molecule has 0 spiro atoms. The Morgan fingerprint density at radius 3 is 2.36 bits per heavy atom. The molecule has 0 atom stereocenters. The molecule has 2 aromatic rings. The molecule has 194 valence electrons. The number of nitrogens with one attached hydrogen (secondary N) is 1. The highest BCUT2D eigenvalue weighted by Gasteiger charge is 2.23. The van der Waals surface area contributed by atoms with Gasteiger partial charge in [0.1, 0.15) is 17.1 Å². The lowest BCUT2D eigenvalue weighted by Gasteiger charge is -2.22. The first-order valence-corrected chi connectivity index (χ1v) is 12.5. The third-order valence-electron chi connectivity index (χ3n) is 5.55. The lowest BCUT2D eigenvalue weighted by molar-refractivity contribution is -0.127. The molecule has 1 aromatic heterocycles. The zero-order valence-corrected chi connectivity index (χ0v) is 22.0. The molecule has 0 fully saturated rings. The molecular weight excluding hydrogens is 456 g/mol. The van der Waals surface area contributed by atoms with Crippen LogP contribution in [-0.4, -0.2) is 51.2 Å². The van der Waals surface area contributed by atoms with Crippen molar-refractivity contribution >= 4 is 29.6 Å². The van der Waals surface area contributed by atoms with Crippen molar-refractivity contribution in [1.29, 1.82) is 0 Å². The van der Waals surface area contributed by atoms with E-state index in [0.717, 1.165) is 29.7 Å². The van der Waals surface area contributed by atoms with Gasteiger partial charge in [-0.15, -0.1) is 0 Å². The number of hydrogen-bond acceptors (Lipinski definition) is 6. The molecule has 0 radical (unpaired) electrons. The largest absolute Gasteiger partial charge is 0.444 e. The Kier molecular flexibility index (Phi) is 8.90. The molecule has 2 heterocycles. The number of benzene rings is 1. The molecular formula is C27H38N6O3. The number of aromatic nitrogens is 2. The lowest BCUT2D eigenvalue weighted by atomic mass is 10.1. The van der Waals surface area contributed by atoms with Crippen molar-refractivity contribution in [3.63, 3.8) is 0 Å². The molecule has 3 N–H and O–H groups in total. The van der Waals surface area contributed by atoms with Crippen LogP contribution < -0.4 is 11.1 Å².